The highest BCUT2D eigenvalue weighted by atomic mass is 15.3. The molecule has 1 aromatic carbocycles. The first kappa shape index (κ1) is 12.8. The van der Waals surface area contributed by atoms with Crippen LogP contribution < -0.4 is 5.73 Å². The quantitative estimate of drug-likeness (QED) is 0.879. The molecule has 0 saturated carbocycles. The highest BCUT2D eigenvalue weighted by Crippen LogP contribution is 2.27. The van der Waals surface area contributed by atoms with E-state index in [1.165, 1.54) is 5.56 Å². The van der Waals surface area contributed by atoms with Crippen molar-refractivity contribution < 1.29 is 0 Å². The first-order valence-electron chi connectivity index (χ1n) is 6.31. The van der Waals surface area contributed by atoms with Crippen molar-refractivity contribution in [3.05, 3.63) is 42.1 Å². The molecule has 96 valence electrons. The SMILES string of the molecule is CC(N)c1cc(-c2ccccc2)n(C(C)(C)C)n1. The number of rotatable bonds is 2. The number of hydrogen-bond acceptors (Lipinski definition) is 2. The number of nitrogens with two attached hydrogens (primary N) is 1. The van der Waals surface area contributed by atoms with Crippen LogP contribution >= 0.6 is 0 Å². The van der Waals surface area contributed by atoms with Crippen LogP contribution in [0, 0.1) is 0 Å². The molecule has 0 aliphatic carbocycles. The van der Waals surface area contributed by atoms with Gasteiger partial charge < -0.3 is 5.73 Å². The fourth-order valence-corrected chi connectivity index (χ4v) is 1.95. The van der Waals surface area contributed by atoms with E-state index in [2.05, 4.69) is 48.8 Å². The van der Waals surface area contributed by atoms with Gasteiger partial charge in [0.15, 0.2) is 0 Å². The van der Waals surface area contributed by atoms with E-state index in [9.17, 15) is 0 Å². The van der Waals surface area contributed by atoms with Crippen LogP contribution in [0.25, 0.3) is 11.3 Å². The van der Waals surface area contributed by atoms with E-state index in [-0.39, 0.29) is 11.6 Å². The van der Waals surface area contributed by atoms with E-state index < -0.39 is 0 Å². The highest BCUT2D eigenvalue weighted by Gasteiger charge is 2.21. The lowest BCUT2D eigenvalue weighted by atomic mass is 10.1. The zero-order valence-electron chi connectivity index (χ0n) is 11.5. The van der Waals surface area contributed by atoms with Gasteiger partial charge >= 0.3 is 0 Å². The molecular weight excluding hydrogens is 222 g/mol. The number of benzene rings is 1. The van der Waals surface area contributed by atoms with Crippen LogP contribution in [0.15, 0.2) is 36.4 Å². The monoisotopic (exact) mass is 243 g/mol. The third-order valence-electron chi connectivity index (χ3n) is 2.90. The van der Waals surface area contributed by atoms with Gasteiger partial charge in [0.2, 0.25) is 0 Å². The van der Waals surface area contributed by atoms with Gasteiger partial charge in [0, 0.05) is 6.04 Å². The Morgan fingerprint density at radius 3 is 2.28 bits per heavy atom. The van der Waals surface area contributed by atoms with Crippen molar-refractivity contribution in [1.82, 2.24) is 9.78 Å². The van der Waals surface area contributed by atoms with Gasteiger partial charge in [-0.05, 0) is 39.3 Å². The topological polar surface area (TPSA) is 43.8 Å². The molecule has 1 heterocycles. The van der Waals surface area contributed by atoms with Crippen LogP contribution in [-0.2, 0) is 5.54 Å². The molecule has 0 radical (unpaired) electrons. The van der Waals surface area contributed by atoms with Crippen molar-refractivity contribution >= 4 is 0 Å². The minimum absolute atomic E-state index is 0.0453. The number of nitrogens with zero attached hydrogens (tertiary/aromatic N) is 2. The van der Waals surface area contributed by atoms with Crippen molar-refractivity contribution in [3.63, 3.8) is 0 Å². The molecule has 0 amide bonds. The average Bonchev–Trinajstić information content (AvgIpc) is 2.74. The molecule has 0 saturated heterocycles. The van der Waals surface area contributed by atoms with Crippen LogP contribution in [0.3, 0.4) is 0 Å². The summed E-state index contributed by atoms with van der Waals surface area (Å²) in [6.45, 7) is 8.41. The Bertz CT molecular complexity index is 518. The van der Waals surface area contributed by atoms with Crippen molar-refractivity contribution in [3.8, 4) is 11.3 Å². The van der Waals surface area contributed by atoms with Crippen molar-refractivity contribution in [1.29, 1.82) is 0 Å². The third kappa shape index (κ3) is 2.46. The predicted molar refractivity (Wildman–Crippen MR) is 75.3 cm³/mol. The Hall–Kier alpha value is -1.61. The Morgan fingerprint density at radius 2 is 1.78 bits per heavy atom. The van der Waals surface area contributed by atoms with Crippen LogP contribution in [0.2, 0.25) is 0 Å². The molecule has 3 heteroatoms. The summed E-state index contributed by atoms with van der Waals surface area (Å²) < 4.78 is 2.06. The molecular formula is C15H21N3. The summed E-state index contributed by atoms with van der Waals surface area (Å²) in [7, 11) is 0. The third-order valence-corrected chi connectivity index (χ3v) is 2.90. The summed E-state index contributed by atoms with van der Waals surface area (Å²) in [5.74, 6) is 0. The predicted octanol–water partition coefficient (Wildman–Crippen LogP) is 3.32. The molecule has 0 aliphatic heterocycles. The zero-order chi connectivity index (χ0) is 13.3. The number of hydrogen-bond donors (Lipinski definition) is 1. The molecule has 2 N–H and O–H groups in total. The van der Waals surface area contributed by atoms with Crippen LogP contribution in [0.1, 0.15) is 39.4 Å². The van der Waals surface area contributed by atoms with Gasteiger partial charge in [0.1, 0.15) is 0 Å². The van der Waals surface area contributed by atoms with E-state index in [0.717, 1.165) is 11.4 Å². The summed E-state index contributed by atoms with van der Waals surface area (Å²) >= 11 is 0. The van der Waals surface area contributed by atoms with Crippen molar-refractivity contribution in [2.24, 2.45) is 5.73 Å². The first-order valence-corrected chi connectivity index (χ1v) is 6.31. The second-order valence-corrected chi connectivity index (χ2v) is 5.69. The summed E-state index contributed by atoms with van der Waals surface area (Å²) in [6, 6.07) is 12.4. The largest absolute Gasteiger partial charge is 0.323 e. The Labute approximate surface area is 109 Å². The molecule has 18 heavy (non-hydrogen) atoms. The fourth-order valence-electron chi connectivity index (χ4n) is 1.95. The van der Waals surface area contributed by atoms with E-state index in [1.807, 2.05) is 25.1 Å². The smallest absolute Gasteiger partial charge is 0.0795 e. The van der Waals surface area contributed by atoms with Gasteiger partial charge in [-0.25, -0.2) is 0 Å². The Kier molecular flexibility index (Phi) is 3.26. The maximum Gasteiger partial charge on any atom is 0.0795 e. The molecule has 0 fully saturated rings. The van der Waals surface area contributed by atoms with Gasteiger partial charge in [0.25, 0.3) is 0 Å². The van der Waals surface area contributed by atoms with Gasteiger partial charge in [-0.15, -0.1) is 0 Å². The minimum Gasteiger partial charge on any atom is -0.323 e. The molecule has 2 aromatic rings. The zero-order valence-corrected chi connectivity index (χ0v) is 11.5. The van der Waals surface area contributed by atoms with Crippen LogP contribution in [0.5, 0.6) is 0 Å². The second-order valence-electron chi connectivity index (χ2n) is 5.69. The molecule has 0 spiro atoms. The lowest BCUT2D eigenvalue weighted by Gasteiger charge is -2.22. The number of aromatic nitrogens is 2. The first-order chi connectivity index (χ1) is 8.39. The van der Waals surface area contributed by atoms with Gasteiger partial charge in [-0.3, -0.25) is 4.68 Å². The molecule has 2 rings (SSSR count). The van der Waals surface area contributed by atoms with Gasteiger partial charge in [-0.1, -0.05) is 30.3 Å². The second kappa shape index (κ2) is 4.58. The molecule has 0 aliphatic rings. The Balaban J connectivity index is 2.59. The average molecular weight is 243 g/mol. The van der Waals surface area contributed by atoms with Crippen molar-refractivity contribution in [2.75, 3.05) is 0 Å². The molecule has 1 atom stereocenters. The van der Waals surface area contributed by atoms with E-state index in [4.69, 9.17) is 5.73 Å². The summed E-state index contributed by atoms with van der Waals surface area (Å²) in [5, 5.41) is 4.65. The molecule has 1 unspecified atom stereocenters. The van der Waals surface area contributed by atoms with E-state index in [0.29, 0.717) is 0 Å². The molecule has 1 aromatic heterocycles. The maximum absolute atomic E-state index is 5.94. The molecule has 3 nitrogen and oxygen atoms in total. The summed E-state index contributed by atoms with van der Waals surface area (Å²) in [5.41, 5.74) is 9.11. The lowest BCUT2D eigenvalue weighted by Crippen LogP contribution is -2.24. The summed E-state index contributed by atoms with van der Waals surface area (Å²) in [4.78, 5) is 0. The highest BCUT2D eigenvalue weighted by molar-refractivity contribution is 5.60. The maximum atomic E-state index is 5.94. The van der Waals surface area contributed by atoms with E-state index in [1.54, 1.807) is 0 Å². The van der Waals surface area contributed by atoms with Crippen LogP contribution in [0.4, 0.5) is 0 Å². The summed E-state index contributed by atoms with van der Waals surface area (Å²) in [6.07, 6.45) is 0. The fraction of sp³-hybridized carbons (Fsp3) is 0.400. The lowest BCUT2D eigenvalue weighted by molar-refractivity contribution is 0.356. The van der Waals surface area contributed by atoms with E-state index >= 15 is 0 Å². The normalized spacial score (nSPS) is 13.6. The molecule has 0 bridgehead atoms. The minimum atomic E-state index is -0.0572. The standard InChI is InChI=1S/C15H21N3/c1-11(16)13-10-14(12-8-6-5-7-9-12)18(17-13)15(2,3)4/h5-11H,16H2,1-4H3. The van der Waals surface area contributed by atoms with Crippen molar-refractivity contribution in [2.45, 2.75) is 39.3 Å². The Morgan fingerprint density at radius 1 is 1.17 bits per heavy atom. The van der Waals surface area contributed by atoms with Crippen LogP contribution in [-0.4, -0.2) is 9.78 Å². The van der Waals surface area contributed by atoms with Gasteiger partial charge in [0.05, 0.1) is 16.9 Å². The van der Waals surface area contributed by atoms with Gasteiger partial charge in [-0.2, -0.15) is 5.10 Å².